The third-order valence-electron chi connectivity index (χ3n) is 1.97. The van der Waals surface area contributed by atoms with Gasteiger partial charge in [0.2, 0.25) is 0 Å². The summed E-state index contributed by atoms with van der Waals surface area (Å²) in [6, 6.07) is -0.274. The van der Waals surface area contributed by atoms with Gasteiger partial charge in [0.1, 0.15) is 6.29 Å². The highest BCUT2D eigenvalue weighted by atomic mass is 16.5. The molecule has 3 heteroatoms. The van der Waals surface area contributed by atoms with E-state index in [2.05, 4.69) is 0 Å². The second-order valence-corrected chi connectivity index (χ2v) is 2.66. The van der Waals surface area contributed by atoms with Gasteiger partial charge in [-0.15, -0.1) is 0 Å². The number of carbonyl (C=O) groups excluding carboxylic acids is 1. The van der Waals surface area contributed by atoms with Gasteiger partial charge in [-0.3, -0.25) is 0 Å². The predicted octanol–water partition coefficient (Wildman–Crippen LogP) is -0.0608. The molecular formula is C7H13NO2. The molecule has 58 valence electrons. The van der Waals surface area contributed by atoms with Crippen molar-refractivity contribution in [3.05, 3.63) is 0 Å². The summed E-state index contributed by atoms with van der Waals surface area (Å²) in [6.07, 6.45) is 2.69. The highest BCUT2D eigenvalue weighted by Crippen LogP contribution is 2.15. The third kappa shape index (κ3) is 1.78. The van der Waals surface area contributed by atoms with E-state index in [1.807, 2.05) is 0 Å². The van der Waals surface area contributed by atoms with Crippen molar-refractivity contribution < 1.29 is 9.53 Å². The van der Waals surface area contributed by atoms with Gasteiger partial charge in [0.15, 0.2) is 0 Å². The van der Waals surface area contributed by atoms with Crippen LogP contribution in [0.3, 0.4) is 0 Å². The molecule has 1 aliphatic rings. The molecule has 1 saturated heterocycles. The Hall–Kier alpha value is -0.410. The van der Waals surface area contributed by atoms with Crippen molar-refractivity contribution in [2.45, 2.75) is 18.9 Å². The lowest BCUT2D eigenvalue weighted by atomic mass is 9.93. The second-order valence-electron chi connectivity index (χ2n) is 2.66. The van der Waals surface area contributed by atoms with Crippen molar-refractivity contribution in [1.29, 1.82) is 0 Å². The van der Waals surface area contributed by atoms with Crippen molar-refractivity contribution in [3.63, 3.8) is 0 Å². The van der Waals surface area contributed by atoms with E-state index in [1.54, 1.807) is 0 Å². The first kappa shape index (κ1) is 7.69. The van der Waals surface area contributed by atoms with E-state index in [4.69, 9.17) is 10.5 Å². The van der Waals surface area contributed by atoms with Crippen LogP contribution in [0.1, 0.15) is 12.8 Å². The number of carbonyl (C=O) groups is 1. The molecule has 1 heterocycles. The highest BCUT2D eigenvalue weighted by molar-refractivity contribution is 5.57. The Labute approximate surface area is 60.5 Å². The van der Waals surface area contributed by atoms with Crippen LogP contribution in [0.25, 0.3) is 0 Å². The molecule has 0 amide bonds. The summed E-state index contributed by atoms with van der Waals surface area (Å²) in [6.45, 7) is 1.51. The molecule has 0 aromatic heterocycles. The molecule has 0 saturated carbocycles. The molecule has 3 nitrogen and oxygen atoms in total. The van der Waals surface area contributed by atoms with Crippen molar-refractivity contribution in [3.8, 4) is 0 Å². The predicted molar refractivity (Wildman–Crippen MR) is 37.6 cm³/mol. The first-order chi connectivity index (χ1) is 4.84. The topological polar surface area (TPSA) is 52.3 Å². The van der Waals surface area contributed by atoms with Gasteiger partial charge in [-0.2, -0.15) is 0 Å². The van der Waals surface area contributed by atoms with Crippen LogP contribution in [0.2, 0.25) is 0 Å². The number of aldehydes is 1. The van der Waals surface area contributed by atoms with E-state index >= 15 is 0 Å². The second kappa shape index (κ2) is 3.68. The van der Waals surface area contributed by atoms with Crippen LogP contribution >= 0.6 is 0 Å². The van der Waals surface area contributed by atoms with E-state index in [0.717, 1.165) is 32.3 Å². The van der Waals surface area contributed by atoms with Gasteiger partial charge in [-0.1, -0.05) is 0 Å². The molecule has 0 aliphatic carbocycles. The maximum absolute atomic E-state index is 10.2. The maximum atomic E-state index is 10.2. The molecule has 0 bridgehead atoms. The molecule has 2 N–H and O–H groups in total. The summed E-state index contributed by atoms with van der Waals surface area (Å²) in [5, 5.41) is 0. The Morgan fingerprint density at radius 1 is 1.50 bits per heavy atom. The molecule has 1 atom stereocenters. The largest absolute Gasteiger partial charge is 0.381 e. The minimum atomic E-state index is -0.274. The fourth-order valence-corrected chi connectivity index (χ4v) is 1.21. The van der Waals surface area contributed by atoms with Crippen molar-refractivity contribution in [2.24, 2.45) is 11.7 Å². The van der Waals surface area contributed by atoms with Crippen LogP contribution in [-0.4, -0.2) is 25.5 Å². The standard InChI is InChI=1S/C7H13NO2/c8-7(5-9)6-1-3-10-4-2-6/h5-7H,1-4,8H2/t7-/m1/s1. The molecule has 0 unspecified atom stereocenters. The van der Waals surface area contributed by atoms with Gasteiger partial charge in [0.05, 0.1) is 6.04 Å². The molecule has 0 aromatic rings. The van der Waals surface area contributed by atoms with E-state index in [0.29, 0.717) is 5.92 Å². The summed E-state index contributed by atoms with van der Waals surface area (Å²) >= 11 is 0. The molecular weight excluding hydrogens is 130 g/mol. The monoisotopic (exact) mass is 143 g/mol. The SMILES string of the molecule is N[C@H](C=O)C1CCOCC1. The van der Waals surface area contributed by atoms with Gasteiger partial charge >= 0.3 is 0 Å². The van der Waals surface area contributed by atoms with Gasteiger partial charge < -0.3 is 15.3 Å². The number of hydrogen-bond donors (Lipinski definition) is 1. The third-order valence-corrected chi connectivity index (χ3v) is 1.97. The molecule has 1 aliphatic heterocycles. The lowest BCUT2D eigenvalue weighted by molar-refractivity contribution is -0.110. The Morgan fingerprint density at radius 2 is 2.10 bits per heavy atom. The Kier molecular flexibility index (Phi) is 2.83. The Bertz CT molecular complexity index is 110. The molecule has 0 aromatic carbocycles. The van der Waals surface area contributed by atoms with Crippen LogP contribution in [-0.2, 0) is 9.53 Å². The van der Waals surface area contributed by atoms with Gasteiger partial charge in [-0.25, -0.2) is 0 Å². The number of hydrogen-bond acceptors (Lipinski definition) is 3. The number of nitrogens with two attached hydrogens (primary N) is 1. The number of ether oxygens (including phenoxy) is 1. The molecule has 1 rings (SSSR count). The number of rotatable bonds is 2. The average molecular weight is 143 g/mol. The fourth-order valence-electron chi connectivity index (χ4n) is 1.21. The van der Waals surface area contributed by atoms with Crippen molar-refractivity contribution >= 4 is 6.29 Å². The zero-order valence-electron chi connectivity index (χ0n) is 5.95. The molecule has 1 fully saturated rings. The van der Waals surface area contributed by atoms with E-state index < -0.39 is 0 Å². The van der Waals surface area contributed by atoms with Gasteiger partial charge in [-0.05, 0) is 18.8 Å². The molecule has 0 radical (unpaired) electrons. The first-order valence-corrected chi connectivity index (χ1v) is 3.63. The quantitative estimate of drug-likeness (QED) is 0.551. The van der Waals surface area contributed by atoms with Crippen LogP contribution in [0.15, 0.2) is 0 Å². The van der Waals surface area contributed by atoms with E-state index in [1.165, 1.54) is 0 Å². The van der Waals surface area contributed by atoms with Crippen molar-refractivity contribution in [1.82, 2.24) is 0 Å². The lowest BCUT2D eigenvalue weighted by Gasteiger charge is -2.23. The summed E-state index contributed by atoms with van der Waals surface area (Å²) in [5.74, 6) is 0.353. The lowest BCUT2D eigenvalue weighted by Crippen LogP contribution is -2.35. The van der Waals surface area contributed by atoms with Crippen LogP contribution in [0, 0.1) is 5.92 Å². The first-order valence-electron chi connectivity index (χ1n) is 3.63. The van der Waals surface area contributed by atoms with E-state index in [-0.39, 0.29) is 6.04 Å². The summed E-state index contributed by atoms with van der Waals surface area (Å²) in [5.41, 5.74) is 5.52. The maximum Gasteiger partial charge on any atom is 0.136 e. The minimum Gasteiger partial charge on any atom is -0.381 e. The summed E-state index contributed by atoms with van der Waals surface area (Å²) in [7, 11) is 0. The Balaban J connectivity index is 2.30. The van der Waals surface area contributed by atoms with Crippen molar-refractivity contribution in [2.75, 3.05) is 13.2 Å². The average Bonchev–Trinajstić information content (AvgIpc) is 2.05. The van der Waals surface area contributed by atoms with Crippen LogP contribution in [0.4, 0.5) is 0 Å². The van der Waals surface area contributed by atoms with Crippen LogP contribution < -0.4 is 5.73 Å². The molecule has 10 heavy (non-hydrogen) atoms. The minimum absolute atomic E-state index is 0.274. The summed E-state index contributed by atoms with van der Waals surface area (Å²) in [4.78, 5) is 10.2. The molecule has 0 spiro atoms. The zero-order valence-corrected chi connectivity index (χ0v) is 5.95. The Morgan fingerprint density at radius 3 is 2.60 bits per heavy atom. The fraction of sp³-hybridized carbons (Fsp3) is 0.857. The smallest absolute Gasteiger partial charge is 0.136 e. The normalized spacial score (nSPS) is 24.1. The van der Waals surface area contributed by atoms with Gasteiger partial charge in [0, 0.05) is 13.2 Å². The van der Waals surface area contributed by atoms with Crippen LogP contribution in [0.5, 0.6) is 0 Å². The summed E-state index contributed by atoms with van der Waals surface area (Å²) < 4.78 is 5.12. The van der Waals surface area contributed by atoms with E-state index in [9.17, 15) is 4.79 Å². The zero-order chi connectivity index (χ0) is 7.40. The van der Waals surface area contributed by atoms with Gasteiger partial charge in [0.25, 0.3) is 0 Å². The highest BCUT2D eigenvalue weighted by Gasteiger charge is 2.19.